The number of hydrogen-bond donors (Lipinski definition) is 3. The number of nitrogens with two attached hydrogens (primary N) is 1. The topological polar surface area (TPSA) is 84.2 Å². The molecule has 0 saturated carbocycles. The second-order valence-electron chi connectivity index (χ2n) is 6.61. The van der Waals surface area contributed by atoms with Crippen molar-refractivity contribution < 1.29 is 9.59 Å². The minimum absolute atomic E-state index is 0.00841. The van der Waals surface area contributed by atoms with Crippen LogP contribution in [0.4, 0.5) is 5.69 Å². The normalized spacial score (nSPS) is 13.1. The van der Waals surface area contributed by atoms with Crippen molar-refractivity contribution in [2.45, 2.75) is 25.9 Å². The van der Waals surface area contributed by atoms with E-state index in [0.29, 0.717) is 11.3 Å². The van der Waals surface area contributed by atoms with Gasteiger partial charge in [0, 0.05) is 17.3 Å². The van der Waals surface area contributed by atoms with Gasteiger partial charge < -0.3 is 11.1 Å². The standard InChI is InChI=1S/C22H23N3O2/c1-14(19-9-5-7-16-6-3-4-8-20(16)19)24-15(2)22(27)25-18-12-10-17(11-13-18)21(23)26/h3-15,24H,1-2H3,(H2,23,26)(H,25,27). The van der Waals surface area contributed by atoms with Gasteiger partial charge in [0.25, 0.3) is 0 Å². The molecule has 0 radical (unpaired) electrons. The fourth-order valence-corrected chi connectivity index (χ4v) is 3.14. The maximum absolute atomic E-state index is 12.5. The Labute approximate surface area is 158 Å². The summed E-state index contributed by atoms with van der Waals surface area (Å²) < 4.78 is 0. The summed E-state index contributed by atoms with van der Waals surface area (Å²) in [5.74, 6) is -0.638. The third-order valence-corrected chi connectivity index (χ3v) is 4.62. The van der Waals surface area contributed by atoms with E-state index in [1.165, 1.54) is 10.8 Å². The van der Waals surface area contributed by atoms with Gasteiger partial charge in [-0.15, -0.1) is 0 Å². The summed E-state index contributed by atoms with van der Waals surface area (Å²) in [6.07, 6.45) is 0. The van der Waals surface area contributed by atoms with E-state index >= 15 is 0 Å². The van der Waals surface area contributed by atoms with Gasteiger partial charge in [-0.1, -0.05) is 42.5 Å². The molecule has 0 saturated heterocycles. The molecule has 0 heterocycles. The van der Waals surface area contributed by atoms with Crippen LogP contribution in [-0.2, 0) is 4.79 Å². The number of anilines is 1. The average Bonchev–Trinajstić information content (AvgIpc) is 2.67. The lowest BCUT2D eigenvalue weighted by atomic mass is 9.99. The van der Waals surface area contributed by atoms with Gasteiger partial charge in [0.1, 0.15) is 0 Å². The number of nitrogens with one attached hydrogen (secondary N) is 2. The molecule has 2 unspecified atom stereocenters. The molecule has 2 amide bonds. The largest absolute Gasteiger partial charge is 0.366 e. The molecule has 5 heteroatoms. The Morgan fingerprint density at radius 1 is 0.889 bits per heavy atom. The Morgan fingerprint density at radius 3 is 2.26 bits per heavy atom. The SMILES string of the molecule is CC(NC(C)c1cccc2ccccc12)C(=O)Nc1ccc(C(N)=O)cc1. The van der Waals surface area contributed by atoms with Crippen molar-refractivity contribution in [1.82, 2.24) is 5.32 Å². The van der Waals surface area contributed by atoms with Crippen molar-refractivity contribution in [3.8, 4) is 0 Å². The van der Waals surface area contributed by atoms with Crippen LogP contribution in [-0.4, -0.2) is 17.9 Å². The van der Waals surface area contributed by atoms with Crippen molar-refractivity contribution in [3.05, 3.63) is 77.9 Å². The lowest BCUT2D eigenvalue weighted by Crippen LogP contribution is -2.39. The minimum atomic E-state index is -0.494. The molecule has 2 atom stereocenters. The van der Waals surface area contributed by atoms with E-state index in [9.17, 15) is 9.59 Å². The highest BCUT2D eigenvalue weighted by Gasteiger charge is 2.17. The minimum Gasteiger partial charge on any atom is -0.366 e. The van der Waals surface area contributed by atoms with Gasteiger partial charge in [-0.3, -0.25) is 14.9 Å². The predicted molar refractivity (Wildman–Crippen MR) is 109 cm³/mol. The molecule has 0 spiro atoms. The molecular formula is C22H23N3O2. The maximum Gasteiger partial charge on any atom is 0.248 e. The quantitative estimate of drug-likeness (QED) is 0.627. The molecule has 0 aliphatic carbocycles. The molecule has 0 bridgehead atoms. The highest BCUT2D eigenvalue weighted by molar-refractivity contribution is 5.96. The molecule has 3 aromatic rings. The lowest BCUT2D eigenvalue weighted by Gasteiger charge is -2.21. The zero-order valence-corrected chi connectivity index (χ0v) is 15.4. The Balaban J connectivity index is 1.67. The Kier molecular flexibility index (Phi) is 5.52. The summed E-state index contributed by atoms with van der Waals surface area (Å²) in [6, 6.07) is 20.5. The third-order valence-electron chi connectivity index (χ3n) is 4.62. The van der Waals surface area contributed by atoms with E-state index in [0.717, 1.165) is 5.56 Å². The van der Waals surface area contributed by atoms with E-state index < -0.39 is 11.9 Å². The van der Waals surface area contributed by atoms with Crippen molar-refractivity contribution in [1.29, 1.82) is 0 Å². The zero-order valence-electron chi connectivity index (χ0n) is 15.4. The van der Waals surface area contributed by atoms with Crippen LogP contribution in [0.25, 0.3) is 10.8 Å². The van der Waals surface area contributed by atoms with Gasteiger partial charge in [-0.25, -0.2) is 0 Å². The summed E-state index contributed by atoms with van der Waals surface area (Å²) >= 11 is 0. The Bertz CT molecular complexity index is 961. The molecule has 3 rings (SSSR count). The lowest BCUT2D eigenvalue weighted by molar-refractivity contribution is -0.117. The van der Waals surface area contributed by atoms with Crippen molar-refractivity contribution in [3.63, 3.8) is 0 Å². The predicted octanol–water partition coefficient (Wildman–Crippen LogP) is 3.62. The second kappa shape index (κ2) is 8.01. The van der Waals surface area contributed by atoms with Crippen LogP contribution in [0, 0.1) is 0 Å². The van der Waals surface area contributed by atoms with Gasteiger partial charge in [0.15, 0.2) is 0 Å². The summed E-state index contributed by atoms with van der Waals surface area (Å²) in [4.78, 5) is 23.6. The molecule has 3 aromatic carbocycles. The first-order valence-corrected chi connectivity index (χ1v) is 8.90. The monoisotopic (exact) mass is 361 g/mol. The van der Waals surface area contributed by atoms with Gasteiger partial charge >= 0.3 is 0 Å². The molecule has 138 valence electrons. The number of amides is 2. The first-order chi connectivity index (χ1) is 13.0. The number of fused-ring (bicyclic) bond motifs is 1. The van der Waals surface area contributed by atoms with Crippen molar-refractivity contribution in [2.75, 3.05) is 5.32 Å². The molecule has 0 aliphatic heterocycles. The molecule has 4 N–H and O–H groups in total. The number of rotatable bonds is 6. The number of carbonyl (C=O) groups excluding carboxylic acids is 2. The van der Waals surface area contributed by atoms with Crippen LogP contribution in [0.1, 0.15) is 35.8 Å². The van der Waals surface area contributed by atoms with Crippen LogP contribution in [0.5, 0.6) is 0 Å². The Morgan fingerprint density at radius 2 is 1.56 bits per heavy atom. The molecule has 5 nitrogen and oxygen atoms in total. The zero-order chi connectivity index (χ0) is 19.4. The van der Waals surface area contributed by atoms with E-state index in [4.69, 9.17) is 5.73 Å². The van der Waals surface area contributed by atoms with Gasteiger partial charge in [-0.05, 0) is 54.4 Å². The molecule has 0 fully saturated rings. The average molecular weight is 361 g/mol. The van der Waals surface area contributed by atoms with Crippen LogP contribution in [0.2, 0.25) is 0 Å². The highest BCUT2D eigenvalue weighted by atomic mass is 16.2. The molecule has 0 aromatic heterocycles. The van der Waals surface area contributed by atoms with Crippen molar-refractivity contribution in [2.24, 2.45) is 5.73 Å². The van der Waals surface area contributed by atoms with E-state index in [1.807, 2.05) is 32.0 Å². The smallest absolute Gasteiger partial charge is 0.248 e. The molecular weight excluding hydrogens is 338 g/mol. The van der Waals surface area contributed by atoms with Crippen LogP contribution in [0.15, 0.2) is 66.7 Å². The van der Waals surface area contributed by atoms with Crippen LogP contribution < -0.4 is 16.4 Å². The van der Waals surface area contributed by atoms with E-state index in [1.54, 1.807) is 24.3 Å². The first-order valence-electron chi connectivity index (χ1n) is 8.90. The van der Waals surface area contributed by atoms with Crippen molar-refractivity contribution >= 4 is 28.3 Å². The summed E-state index contributed by atoms with van der Waals surface area (Å²) in [5.41, 5.74) is 7.41. The van der Waals surface area contributed by atoms with E-state index in [2.05, 4.69) is 34.9 Å². The van der Waals surface area contributed by atoms with Gasteiger partial charge in [0.05, 0.1) is 6.04 Å². The van der Waals surface area contributed by atoms with Crippen LogP contribution >= 0.6 is 0 Å². The summed E-state index contributed by atoms with van der Waals surface area (Å²) in [6.45, 7) is 3.88. The molecule has 27 heavy (non-hydrogen) atoms. The van der Waals surface area contributed by atoms with E-state index in [-0.39, 0.29) is 11.9 Å². The Hall–Kier alpha value is -3.18. The fourth-order valence-electron chi connectivity index (χ4n) is 3.14. The number of benzene rings is 3. The van der Waals surface area contributed by atoms with Gasteiger partial charge in [0.2, 0.25) is 11.8 Å². The van der Waals surface area contributed by atoms with Gasteiger partial charge in [-0.2, -0.15) is 0 Å². The maximum atomic E-state index is 12.5. The van der Waals surface area contributed by atoms with Crippen LogP contribution in [0.3, 0.4) is 0 Å². The summed E-state index contributed by atoms with van der Waals surface area (Å²) in [5, 5.41) is 8.55. The number of primary amides is 1. The summed E-state index contributed by atoms with van der Waals surface area (Å²) in [7, 11) is 0. The molecule has 0 aliphatic rings. The highest BCUT2D eigenvalue weighted by Crippen LogP contribution is 2.24. The fraction of sp³-hybridized carbons (Fsp3) is 0.182. The second-order valence-corrected chi connectivity index (χ2v) is 6.61. The number of hydrogen-bond acceptors (Lipinski definition) is 3. The third kappa shape index (κ3) is 4.33. The first kappa shape index (κ1) is 18.6. The number of carbonyl (C=O) groups is 2.